The number of carbonyl (C=O) groups excluding carboxylic acids is 1. The highest BCUT2D eigenvalue weighted by Crippen LogP contribution is 2.22. The van der Waals surface area contributed by atoms with Crippen molar-refractivity contribution >= 4 is 5.78 Å². The molecule has 0 aliphatic heterocycles. The van der Waals surface area contributed by atoms with Crippen molar-refractivity contribution in [1.82, 2.24) is 4.90 Å². The molecule has 0 N–H and O–H groups in total. The molecular weight excluding hydrogens is 235 g/mol. The van der Waals surface area contributed by atoms with Crippen molar-refractivity contribution in [3.63, 3.8) is 0 Å². The molecule has 0 saturated carbocycles. The Labute approximate surface area is 96.3 Å². The lowest BCUT2D eigenvalue weighted by atomic mass is 10.2. The third-order valence-corrected chi connectivity index (χ3v) is 1.41. The van der Waals surface area contributed by atoms with Crippen molar-refractivity contribution in [3.05, 3.63) is 46.5 Å². The lowest BCUT2D eigenvalue weighted by Crippen LogP contribution is -2.23. The number of ketones is 1. The maximum Gasteiger partial charge on any atom is 0.443 e. The van der Waals surface area contributed by atoms with E-state index in [-0.39, 0.29) is 5.70 Å². The molecule has 7 heteroatoms. The summed E-state index contributed by atoms with van der Waals surface area (Å²) >= 11 is 0. The van der Waals surface area contributed by atoms with Crippen LogP contribution in [0.1, 0.15) is 0 Å². The Bertz CT molecular complexity index is 447. The SMILES string of the molecule is [C-]#[N+]C(=C\N(C)C)/C=C(\[N+]#[C-])C(=O)C(F)(F)F. The Hall–Kier alpha value is -2.28. The van der Waals surface area contributed by atoms with Gasteiger partial charge < -0.3 is 4.90 Å². The summed E-state index contributed by atoms with van der Waals surface area (Å²) in [5, 5.41) is 0. The lowest BCUT2D eigenvalue weighted by Gasteiger charge is -2.05. The normalized spacial score (nSPS) is 12.6. The lowest BCUT2D eigenvalue weighted by molar-refractivity contribution is -0.166. The van der Waals surface area contributed by atoms with Gasteiger partial charge in [-0.05, 0) is 6.08 Å². The Balaban J connectivity index is 5.37. The molecule has 0 atom stereocenters. The molecule has 90 valence electrons. The number of nitrogens with zero attached hydrogens (tertiary/aromatic N) is 3. The summed E-state index contributed by atoms with van der Waals surface area (Å²) < 4.78 is 36.2. The Morgan fingerprint density at radius 3 is 2.06 bits per heavy atom. The first-order chi connectivity index (χ1) is 7.72. The molecule has 0 aromatic heterocycles. The smallest absolute Gasteiger partial charge is 0.393 e. The first-order valence-corrected chi connectivity index (χ1v) is 4.18. The van der Waals surface area contributed by atoms with Crippen molar-refractivity contribution < 1.29 is 18.0 Å². The van der Waals surface area contributed by atoms with Crippen LogP contribution in [-0.2, 0) is 4.79 Å². The monoisotopic (exact) mass is 243 g/mol. The first kappa shape index (κ1) is 14.7. The van der Waals surface area contributed by atoms with Crippen LogP contribution < -0.4 is 0 Å². The van der Waals surface area contributed by atoms with Crippen molar-refractivity contribution in [3.8, 4) is 0 Å². The van der Waals surface area contributed by atoms with Crippen LogP contribution in [0.25, 0.3) is 9.69 Å². The summed E-state index contributed by atoms with van der Waals surface area (Å²) in [6.45, 7) is 13.2. The molecule has 0 fully saturated rings. The summed E-state index contributed by atoms with van der Waals surface area (Å²) in [7, 11) is 3.12. The molecule has 0 unspecified atom stereocenters. The van der Waals surface area contributed by atoms with Gasteiger partial charge in [-0.3, -0.25) is 4.79 Å². The second-order valence-corrected chi connectivity index (χ2v) is 3.10. The number of hydrogen-bond donors (Lipinski definition) is 0. The number of halogens is 3. The van der Waals surface area contributed by atoms with Gasteiger partial charge in [-0.15, -0.1) is 0 Å². The highest BCUT2D eigenvalue weighted by molar-refractivity contribution is 6.01. The van der Waals surface area contributed by atoms with Crippen LogP contribution in [0.5, 0.6) is 0 Å². The summed E-state index contributed by atoms with van der Waals surface area (Å²) in [5.41, 5.74) is -1.35. The van der Waals surface area contributed by atoms with E-state index in [1.165, 1.54) is 11.1 Å². The highest BCUT2D eigenvalue weighted by atomic mass is 19.4. The van der Waals surface area contributed by atoms with E-state index in [9.17, 15) is 18.0 Å². The predicted octanol–water partition coefficient (Wildman–Crippen LogP) is 2.24. The van der Waals surface area contributed by atoms with Gasteiger partial charge in [-0.25, -0.2) is 9.69 Å². The van der Waals surface area contributed by atoms with E-state index in [1.54, 1.807) is 14.1 Å². The molecule has 0 aromatic carbocycles. The molecular formula is C10H8F3N3O. The minimum absolute atomic E-state index is 0.224. The van der Waals surface area contributed by atoms with Gasteiger partial charge in [0.1, 0.15) is 0 Å². The van der Waals surface area contributed by atoms with Gasteiger partial charge in [0, 0.05) is 20.3 Å². The van der Waals surface area contributed by atoms with Crippen LogP contribution in [0.15, 0.2) is 23.7 Å². The molecule has 0 aliphatic rings. The summed E-state index contributed by atoms with van der Waals surface area (Å²) in [6.07, 6.45) is -3.28. The number of carbonyl (C=O) groups is 1. The molecule has 0 aliphatic carbocycles. The van der Waals surface area contributed by atoms with E-state index in [1.807, 2.05) is 0 Å². The second kappa shape index (κ2) is 5.71. The predicted molar refractivity (Wildman–Crippen MR) is 54.1 cm³/mol. The molecule has 4 nitrogen and oxygen atoms in total. The highest BCUT2D eigenvalue weighted by Gasteiger charge is 2.40. The molecule has 0 spiro atoms. The van der Waals surface area contributed by atoms with Gasteiger partial charge in [0.15, 0.2) is 5.70 Å². The standard InChI is InChI=1S/C10H8F3N3O/c1-14-7(6-16(3)4)5-8(15-2)9(17)10(11,12)13/h5-6H,3-4H3/b7-6-,8-5-. The summed E-state index contributed by atoms with van der Waals surface area (Å²) in [5.74, 6) is -2.25. The number of Topliss-reactive ketones (excluding diaryl/α,β-unsaturated/α-hetero) is 1. The average Bonchev–Trinajstić information content (AvgIpc) is 2.21. The average molecular weight is 243 g/mol. The zero-order valence-electron chi connectivity index (χ0n) is 9.04. The van der Waals surface area contributed by atoms with Gasteiger partial charge >= 0.3 is 6.18 Å². The fraction of sp³-hybridized carbons (Fsp3) is 0.300. The quantitative estimate of drug-likeness (QED) is 0.432. The van der Waals surface area contributed by atoms with E-state index >= 15 is 0 Å². The second-order valence-electron chi connectivity index (χ2n) is 3.10. The number of allylic oxidation sites excluding steroid dienone is 2. The van der Waals surface area contributed by atoms with Crippen molar-refractivity contribution in [1.29, 1.82) is 0 Å². The fourth-order valence-electron chi connectivity index (χ4n) is 0.797. The summed E-state index contributed by atoms with van der Waals surface area (Å²) in [4.78, 5) is 17.6. The van der Waals surface area contributed by atoms with E-state index in [4.69, 9.17) is 13.1 Å². The van der Waals surface area contributed by atoms with Crippen LogP contribution in [-0.4, -0.2) is 31.0 Å². The van der Waals surface area contributed by atoms with Crippen LogP contribution in [0.4, 0.5) is 13.2 Å². The van der Waals surface area contributed by atoms with Gasteiger partial charge in [0.05, 0.1) is 13.1 Å². The number of rotatable bonds is 3. The number of hydrogen-bond acceptors (Lipinski definition) is 2. The minimum Gasteiger partial charge on any atom is -0.393 e. The van der Waals surface area contributed by atoms with E-state index in [2.05, 4.69) is 9.69 Å². The molecule has 0 bridgehead atoms. The third kappa shape index (κ3) is 4.85. The van der Waals surface area contributed by atoms with E-state index < -0.39 is 17.7 Å². The maximum absolute atomic E-state index is 12.1. The minimum atomic E-state index is -5.11. The molecule has 0 amide bonds. The largest absolute Gasteiger partial charge is 0.443 e. The van der Waals surface area contributed by atoms with Crippen molar-refractivity contribution in [2.24, 2.45) is 0 Å². The van der Waals surface area contributed by atoms with Crippen LogP contribution >= 0.6 is 0 Å². The molecule has 0 aromatic rings. The Kier molecular flexibility index (Phi) is 4.94. The van der Waals surface area contributed by atoms with Crippen LogP contribution in [0, 0.1) is 13.1 Å². The van der Waals surface area contributed by atoms with Crippen LogP contribution in [0.2, 0.25) is 0 Å². The van der Waals surface area contributed by atoms with Gasteiger partial charge in [-0.1, -0.05) is 0 Å². The summed E-state index contributed by atoms with van der Waals surface area (Å²) in [6, 6.07) is 0. The molecule has 0 saturated heterocycles. The topological polar surface area (TPSA) is 29.0 Å². The first-order valence-electron chi connectivity index (χ1n) is 4.18. The van der Waals surface area contributed by atoms with E-state index in [0.717, 1.165) is 0 Å². The molecule has 0 heterocycles. The maximum atomic E-state index is 12.1. The van der Waals surface area contributed by atoms with Crippen molar-refractivity contribution in [2.45, 2.75) is 6.18 Å². The van der Waals surface area contributed by atoms with Gasteiger partial charge in [0.25, 0.3) is 5.78 Å². The molecule has 17 heavy (non-hydrogen) atoms. The third-order valence-electron chi connectivity index (χ3n) is 1.41. The van der Waals surface area contributed by atoms with Crippen LogP contribution in [0.3, 0.4) is 0 Å². The molecule has 0 rings (SSSR count). The Morgan fingerprint density at radius 1 is 1.24 bits per heavy atom. The zero-order valence-corrected chi connectivity index (χ0v) is 9.04. The number of alkyl halides is 3. The fourth-order valence-corrected chi connectivity index (χ4v) is 0.797. The van der Waals surface area contributed by atoms with Gasteiger partial charge in [0.2, 0.25) is 5.70 Å². The Morgan fingerprint density at radius 2 is 1.76 bits per heavy atom. The van der Waals surface area contributed by atoms with E-state index in [0.29, 0.717) is 6.08 Å². The molecule has 0 radical (unpaired) electrons. The van der Waals surface area contributed by atoms with Gasteiger partial charge in [-0.2, -0.15) is 13.2 Å². The zero-order chi connectivity index (χ0) is 13.6. The van der Waals surface area contributed by atoms with Crippen molar-refractivity contribution in [2.75, 3.05) is 14.1 Å².